The fraction of sp³-hybridized carbons (Fsp3) is 0.435. The number of carbonyl (C=O) groups excluding carboxylic acids is 1. The zero-order valence-corrected chi connectivity index (χ0v) is 18.2. The Morgan fingerprint density at radius 2 is 1.87 bits per heavy atom. The summed E-state index contributed by atoms with van der Waals surface area (Å²) in [6, 6.07) is 11.9. The van der Waals surface area contributed by atoms with E-state index in [0.29, 0.717) is 12.2 Å². The predicted molar refractivity (Wildman–Crippen MR) is 116 cm³/mol. The van der Waals surface area contributed by atoms with Gasteiger partial charge in [0, 0.05) is 11.7 Å². The Kier molecular flexibility index (Phi) is 7.14. The summed E-state index contributed by atoms with van der Waals surface area (Å²) >= 11 is 1.24. The van der Waals surface area contributed by atoms with E-state index in [-0.39, 0.29) is 17.6 Å². The Hall–Kier alpha value is -1.99. The Morgan fingerprint density at radius 3 is 2.50 bits per heavy atom. The van der Waals surface area contributed by atoms with Gasteiger partial charge in [0.05, 0.1) is 12.6 Å². The number of nitrogens with one attached hydrogen (secondary N) is 1. The summed E-state index contributed by atoms with van der Waals surface area (Å²) in [5.74, 6) is -3.33. The number of amides is 1. The first kappa shape index (κ1) is 22.7. The second-order valence-electron chi connectivity index (χ2n) is 7.89. The van der Waals surface area contributed by atoms with Crippen LogP contribution in [0.3, 0.4) is 0 Å². The Balaban J connectivity index is 1.92. The number of rotatable bonds is 7. The third-order valence-electron chi connectivity index (χ3n) is 5.28. The van der Waals surface area contributed by atoms with Gasteiger partial charge in [-0.25, -0.2) is 13.2 Å². The molecule has 2 atom stereocenters. The second-order valence-corrected chi connectivity index (χ2v) is 8.99. The van der Waals surface area contributed by atoms with Gasteiger partial charge < -0.3 is 4.90 Å². The maximum Gasteiger partial charge on any atom is 0.283 e. The van der Waals surface area contributed by atoms with Gasteiger partial charge in [0.25, 0.3) is 5.92 Å². The monoisotopic (exact) mass is 436 g/mol. The lowest BCUT2D eigenvalue weighted by atomic mass is 9.96. The molecule has 1 heterocycles. The van der Waals surface area contributed by atoms with E-state index in [4.69, 9.17) is 0 Å². The van der Waals surface area contributed by atoms with Crippen LogP contribution in [-0.2, 0) is 11.2 Å². The van der Waals surface area contributed by atoms with Crippen LogP contribution >= 0.6 is 11.9 Å². The van der Waals surface area contributed by atoms with Crippen LogP contribution in [-0.4, -0.2) is 41.1 Å². The second kappa shape index (κ2) is 9.43. The van der Waals surface area contributed by atoms with E-state index in [9.17, 15) is 18.0 Å². The first-order valence-corrected chi connectivity index (χ1v) is 11.1. The van der Waals surface area contributed by atoms with Crippen LogP contribution in [0.1, 0.15) is 26.3 Å². The first-order chi connectivity index (χ1) is 14.2. The largest absolute Gasteiger partial charge is 0.331 e. The number of benzene rings is 2. The Morgan fingerprint density at radius 1 is 1.20 bits per heavy atom. The molecule has 0 aromatic heterocycles. The minimum atomic E-state index is -3.02. The van der Waals surface area contributed by atoms with Crippen molar-refractivity contribution in [3.63, 3.8) is 0 Å². The summed E-state index contributed by atoms with van der Waals surface area (Å²) in [6.45, 7) is 4.76. The summed E-state index contributed by atoms with van der Waals surface area (Å²) in [7, 11) is 0. The zero-order chi connectivity index (χ0) is 21.9. The molecule has 30 heavy (non-hydrogen) atoms. The smallest absolute Gasteiger partial charge is 0.283 e. The van der Waals surface area contributed by atoms with Gasteiger partial charge in [0.15, 0.2) is 0 Å². The highest BCUT2D eigenvalue weighted by Gasteiger charge is 2.55. The fourth-order valence-electron chi connectivity index (χ4n) is 3.83. The normalized spacial score (nSPS) is 20.7. The lowest BCUT2D eigenvalue weighted by Gasteiger charge is -2.29. The average molecular weight is 437 g/mol. The predicted octanol–water partition coefficient (Wildman–Crippen LogP) is 5.16. The van der Waals surface area contributed by atoms with Crippen molar-refractivity contribution < 1.29 is 18.0 Å². The molecule has 1 amide bonds. The van der Waals surface area contributed by atoms with Gasteiger partial charge in [-0.3, -0.25) is 9.52 Å². The lowest BCUT2D eigenvalue weighted by molar-refractivity contribution is -0.136. The SMILES string of the molecule is CCSN[C@@H]1[C@H](Cc2cccc(-c3cccc(F)c3)c2)N(C(=O)C(C)C)CC1(F)F. The maximum atomic E-state index is 14.8. The van der Waals surface area contributed by atoms with Crippen LogP contribution < -0.4 is 4.72 Å². The van der Waals surface area contributed by atoms with E-state index >= 15 is 0 Å². The van der Waals surface area contributed by atoms with Gasteiger partial charge in [-0.1, -0.05) is 69.1 Å². The molecular weight excluding hydrogens is 409 g/mol. The van der Waals surface area contributed by atoms with Crippen molar-refractivity contribution in [3.8, 4) is 11.1 Å². The van der Waals surface area contributed by atoms with E-state index in [0.717, 1.165) is 16.7 Å². The third-order valence-corrected chi connectivity index (χ3v) is 5.99. The Labute approximate surface area is 180 Å². The lowest BCUT2D eigenvalue weighted by Crippen LogP contribution is -2.48. The molecule has 1 saturated heterocycles. The van der Waals surface area contributed by atoms with E-state index in [1.54, 1.807) is 19.9 Å². The minimum absolute atomic E-state index is 0.272. The molecule has 3 nitrogen and oxygen atoms in total. The molecule has 0 radical (unpaired) electrons. The molecule has 1 aliphatic heterocycles. The van der Waals surface area contributed by atoms with Crippen molar-refractivity contribution in [3.05, 3.63) is 59.9 Å². The van der Waals surface area contributed by atoms with Gasteiger partial charge in [-0.2, -0.15) is 0 Å². The average Bonchev–Trinajstić information content (AvgIpc) is 2.95. The summed E-state index contributed by atoms with van der Waals surface area (Å²) in [5, 5.41) is 0. The van der Waals surface area contributed by atoms with E-state index in [2.05, 4.69) is 4.72 Å². The van der Waals surface area contributed by atoms with Gasteiger partial charge in [-0.05, 0) is 35.2 Å². The highest BCUT2D eigenvalue weighted by Crippen LogP contribution is 2.36. The highest BCUT2D eigenvalue weighted by atomic mass is 32.2. The molecule has 1 fully saturated rings. The Bertz CT molecular complexity index is 890. The molecule has 162 valence electrons. The summed E-state index contributed by atoms with van der Waals surface area (Å²) < 4.78 is 46.2. The van der Waals surface area contributed by atoms with Crippen LogP contribution in [0, 0.1) is 11.7 Å². The molecule has 2 aromatic rings. The number of carbonyl (C=O) groups is 1. The number of alkyl halides is 2. The molecular formula is C23H27F3N2OS. The van der Waals surface area contributed by atoms with Crippen molar-refractivity contribution in [2.24, 2.45) is 5.92 Å². The van der Waals surface area contributed by atoms with Gasteiger partial charge in [0.1, 0.15) is 11.9 Å². The standard InChI is InChI=1S/C23H27F3N2OS/c1-4-30-27-21-20(28(14-23(21,25)26)22(29)15(2)3)12-16-7-5-8-17(11-16)18-9-6-10-19(24)13-18/h5-11,13,15,20-21,27H,4,12,14H2,1-3H3/t20-,21+/m0/s1. The molecule has 7 heteroatoms. The molecule has 0 saturated carbocycles. The molecule has 1 aliphatic rings. The highest BCUT2D eigenvalue weighted by molar-refractivity contribution is 7.97. The van der Waals surface area contributed by atoms with Crippen LogP contribution in [0.2, 0.25) is 0 Å². The first-order valence-electron chi connectivity index (χ1n) is 10.1. The van der Waals surface area contributed by atoms with Crippen molar-refractivity contribution in [2.75, 3.05) is 12.3 Å². The fourth-order valence-corrected chi connectivity index (χ4v) is 4.51. The third kappa shape index (κ3) is 5.01. The van der Waals surface area contributed by atoms with Crippen molar-refractivity contribution >= 4 is 17.9 Å². The number of halogens is 3. The van der Waals surface area contributed by atoms with Gasteiger partial charge >= 0.3 is 0 Å². The van der Waals surface area contributed by atoms with E-state index in [1.165, 1.54) is 29.0 Å². The number of nitrogens with zero attached hydrogens (tertiary/aromatic N) is 1. The molecule has 1 N–H and O–H groups in total. The topological polar surface area (TPSA) is 32.3 Å². The maximum absolute atomic E-state index is 14.8. The van der Waals surface area contributed by atoms with Crippen LogP contribution in [0.15, 0.2) is 48.5 Å². The van der Waals surface area contributed by atoms with Crippen molar-refractivity contribution in [1.29, 1.82) is 0 Å². The van der Waals surface area contributed by atoms with E-state index in [1.807, 2.05) is 37.3 Å². The minimum Gasteiger partial charge on any atom is -0.331 e. The zero-order valence-electron chi connectivity index (χ0n) is 17.4. The molecule has 2 aromatic carbocycles. The van der Waals surface area contributed by atoms with Crippen molar-refractivity contribution in [2.45, 2.75) is 45.2 Å². The van der Waals surface area contributed by atoms with Crippen LogP contribution in [0.5, 0.6) is 0 Å². The summed E-state index contributed by atoms with van der Waals surface area (Å²) in [5.41, 5.74) is 2.36. The van der Waals surface area contributed by atoms with Gasteiger partial charge in [0.2, 0.25) is 5.91 Å². The molecule has 0 unspecified atom stereocenters. The number of hydrogen-bond acceptors (Lipinski definition) is 3. The number of hydrogen-bond donors (Lipinski definition) is 1. The van der Waals surface area contributed by atoms with Crippen molar-refractivity contribution in [1.82, 2.24) is 9.62 Å². The van der Waals surface area contributed by atoms with E-state index < -0.39 is 24.6 Å². The van der Waals surface area contributed by atoms with Crippen LogP contribution in [0.4, 0.5) is 13.2 Å². The van der Waals surface area contributed by atoms with Crippen LogP contribution in [0.25, 0.3) is 11.1 Å². The number of likely N-dealkylation sites (tertiary alicyclic amines) is 1. The molecule has 0 aliphatic carbocycles. The van der Waals surface area contributed by atoms with Gasteiger partial charge in [-0.15, -0.1) is 0 Å². The molecule has 3 rings (SSSR count). The molecule has 0 bridgehead atoms. The quantitative estimate of drug-likeness (QED) is 0.609. The summed E-state index contributed by atoms with van der Waals surface area (Å²) in [4.78, 5) is 14.0. The summed E-state index contributed by atoms with van der Waals surface area (Å²) in [6.07, 6.45) is 0.291. The molecule has 0 spiro atoms.